The second-order valence-electron chi connectivity index (χ2n) is 1.91. The number of hydrogen-bond acceptors (Lipinski definition) is 5. The summed E-state index contributed by atoms with van der Waals surface area (Å²) in [4.78, 5) is 17.3. The Labute approximate surface area is 67.3 Å². The van der Waals surface area contributed by atoms with Crippen molar-refractivity contribution in [2.45, 2.75) is 0 Å². The molecule has 1 aromatic heterocycles. The van der Waals surface area contributed by atoms with E-state index in [0.717, 1.165) is 6.20 Å². The fourth-order valence-corrected chi connectivity index (χ4v) is 0.610. The number of carboxylic acids is 1. The van der Waals surface area contributed by atoms with Gasteiger partial charge in [0.2, 0.25) is 0 Å². The summed E-state index contributed by atoms with van der Waals surface area (Å²) in [6, 6.07) is 1.66. The highest BCUT2D eigenvalue weighted by Gasteiger charge is 2.11. The Morgan fingerprint density at radius 3 is 2.92 bits per heavy atom. The standard InChI is InChI=1S/C6H4N4O2/c7-1-3-2-9-5(8)4(10-3)6(11)12/h2H,(H2,8,9)(H,11,12). The summed E-state index contributed by atoms with van der Waals surface area (Å²) in [5, 5.41) is 16.8. The van der Waals surface area contributed by atoms with E-state index in [4.69, 9.17) is 16.1 Å². The van der Waals surface area contributed by atoms with Gasteiger partial charge < -0.3 is 10.8 Å². The van der Waals surface area contributed by atoms with Crippen LogP contribution < -0.4 is 5.73 Å². The molecule has 0 saturated heterocycles. The number of rotatable bonds is 1. The zero-order valence-corrected chi connectivity index (χ0v) is 5.85. The SMILES string of the molecule is N#Cc1cnc(N)c(C(=O)O)n1. The highest BCUT2D eigenvalue weighted by Crippen LogP contribution is 2.04. The van der Waals surface area contributed by atoms with Crippen molar-refractivity contribution in [1.82, 2.24) is 9.97 Å². The van der Waals surface area contributed by atoms with Crippen molar-refractivity contribution in [3.05, 3.63) is 17.6 Å². The van der Waals surface area contributed by atoms with Crippen LogP contribution >= 0.6 is 0 Å². The zero-order valence-electron chi connectivity index (χ0n) is 5.85. The molecule has 0 aliphatic rings. The molecule has 0 fully saturated rings. The molecule has 0 aliphatic heterocycles. The monoisotopic (exact) mass is 164 g/mol. The lowest BCUT2D eigenvalue weighted by atomic mass is 10.4. The van der Waals surface area contributed by atoms with Crippen molar-refractivity contribution in [3.8, 4) is 6.07 Å². The summed E-state index contributed by atoms with van der Waals surface area (Å²) >= 11 is 0. The summed E-state index contributed by atoms with van der Waals surface area (Å²) in [6.07, 6.45) is 1.11. The van der Waals surface area contributed by atoms with E-state index in [1.165, 1.54) is 0 Å². The van der Waals surface area contributed by atoms with Gasteiger partial charge in [-0.3, -0.25) is 0 Å². The van der Waals surface area contributed by atoms with Gasteiger partial charge in [-0.25, -0.2) is 14.8 Å². The number of aromatic nitrogens is 2. The van der Waals surface area contributed by atoms with Crippen LogP contribution in [0.3, 0.4) is 0 Å². The van der Waals surface area contributed by atoms with Crippen molar-refractivity contribution in [3.63, 3.8) is 0 Å². The van der Waals surface area contributed by atoms with E-state index in [1.807, 2.05) is 0 Å². The molecule has 0 amide bonds. The van der Waals surface area contributed by atoms with Gasteiger partial charge in [-0.15, -0.1) is 0 Å². The number of anilines is 1. The number of nitriles is 1. The predicted molar refractivity (Wildman–Crippen MR) is 38.1 cm³/mol. The molecule has 3 N–H and O–H groups in total. The second-order valence-corrected chi connectivity index (χ2v) is 1.91. The van der Waals surface area contributed by atoms with E-state index in [0.29, 0.717) is 0 Å². The van der Waals surface area contributed by atoms with Gasteiger partial charge in [0.25, 0.3) is 0 Å². The fraction of sp³-hybridized carbons (Fsp3) is 0. The van der Waals surface area contributed by atoms with Gasteiger partial charge in [0, 0.05) is 0 Å². The maximum absolute atomic E-state index is 10.4. The molecule has 0 spiro atoms. The molecule has 6 nitrogen and oxygen atoms in total. The molecule has 0 aromatic carbocycles. The Morgan fingerprint density at radius 2 is 2.42 bits per heavy atom. The minimum absolute atomic E-state index is 0.0680. The van der Waals surface area contributed by atoms with Crippen molar-refractivity contribution in [2.24, 2.45) is 0 Å². The minimum Gasteiger partial charge on any atom is -0.476 e. The van der Waals surface area contributed by atoms with Crippen molar-refractivity contribution in [2.75, 3.05) is 5.73 Å². The summed E-state index contributed by atoms with van der Waals surface area (Å²) in [7, 11) is 0. The lowest BCUT2D eigenvalue weighted by molar-refractivity contribution is 0.0691. The Morgan fingerprint density at radius 1 is 1.75 bits per heavy atom. The first-order valence-corrected chi connectivity index (χ1v) is 2.91. The normalized spacial score (nSPS) is 8.92. The molecule has 6 heteroatoms. The average molecular weight is 164 g/mol. The number of aromatic carboxylic acids is 1. The van der Waals surface area contributed by atoms with Crippen LogP contribution in [0.25, 0.3) is 0 Å². The lowest BCUT2D eigenvalue weighted by Crippen LogP contribution is -2.08. The third kappa shape index (κ3) is 1.29. The van der Waals surface area contributed by atoms with E-state index in [2.05, 4.69) is 9.97 Å². The molecule has 1 aromatic rings. The third-order valence-corrected chi connectivity index (χ3v) is 1.12. The maximum Gasteiger partial charge on any atom is 0.358 e. The molecule has 1 heterocycles. The van der Waals surface area contributed by atoms with Crippen LogP contribution in [0, 0.1) is 11.3 Å². The molecule has 12 heavy (non-hydrogen) atoms. The quantitative estimate of drug-likeness (QED) is 0.585. The number of nitrogen functional groups attached to an aromatic ring is 1. The van der Waals surface area contributed by atoms with Gasteiger partial charge in [0.1, 0.15) is 6.07 Å². The predicted octanol–water partition coefficient (Wildman–Crippen LogP) is -0.371. The third-order valence-electron chi connectivity index (χ3n) is 1.12. The van der Waals surface area contributed by atoms with Gasteiger partial charge >= 0.3 is 5.97 Å². The highest BCUT2D eigenvalue weighted by atomic mass is 16.4. The first kappa shape index (κ1) is 7.94. The Balaban J connectivity index is 3.28. The molecule has 1 rings (SSSR count). The van der Waals surface area contributed by atoms with Gasteiger partial charge in [-0.05, 0) is 0 Å². The van der Waals surface area contributed by atoms with Crippen LogP contribution in [-0.2, 0) is 0 Å². The van der Waals surface area contributed by atoms with E-state index in [9.17, 15) is 4.79 Å². The molecule has 0 saturated carbocycles. The van der Waals surface area contributed by atoms with Crippen LogP contribution in [0.1, 0.15) is 16.2 Å². The number of nitrogens with zero attached hydrogens (tertiary/aromatic N) is 3. The zero-order chi connectivity index (χ0) is 9.14. The van der Waals surface area contributed by atoms with Crippen LogP contribution in [0.4, 0.5) is 5.82 Å². The lowest BCUT2D eigenvalue weighted by Gasteiger charge is -1.96. The summed E-state index contributed by atoms with van der Waals surface area (Å²) in [5.74, 6) is -1.49. The summed E-state index contributed by atoms with van der Waals surface area (Å²) in [5.41, 5.74) is 4.72. The molecule has 0 unspecified atom stereocenters. The maximum atomic E-state index is 10.4. The van der Waals surface area contributed by atoms with Crippen molar-refractivity contribution in [1.29, 1.82) is 5.26 Å². The largest absolute Gasteiger partial charge is 0.476 e. The number of hydrogen-bond donors (Lipinski definition) is 2. The van der Waals surface area contributed by atoms with Gasteiger partial charge in [-0.2, -0.15) is 5.26 Å². The van der Waals surface area contributed by atoms with Crippen molar-refractivity contribution >= 4 is 11.8 Å². The Bertz CT molecular complexity index is 368. The minimum atomic E-state index is -1.29. The molecule has 0 radical (unpaired) electrons. The molecular formula is C6H4N4O2. The van der Waals surface area contributed by atoms with Crippen LogP contribution in [0.15, 0.2) is 6.20 Å². The molecule has 60 valence electrons. The fourth-order valence-electron chi connectivity index (χ4n) is 0.610. The molecular weight excluding hydrogens is 160 g/mol. The van der Waals surface area contributed by atoms with Crippen LogP contribution in [-0.4, -0.2) is 21.0 Å². The molecule has 0 bridgehead atoms. The summed E-state index contributed by atoms with van der Waals surface area (Å²) < 4.78 is 0. The molecule has 0 atom stereocenters. The average Bonchev–Trinajstić information content (AvgIpc) is 2.05. The molecule has 0 aliphatic carbocycles. The van der Waals surface area contributed by atoms with Crippen molar-refractivity contribution < 1.29 is 9.90 Å². The van der Waals surface area contributed by atoms with Gasteiger partial charge in [0.05, 0.1) is 6.20 Å². The number of carbonyl (C=O) groups is 1. The Kier molecular flexibility index (Phi) is 1.88. The summed E-state index contributed by atoms with van der Waals surface area (Å²) in [6.45, 7) is 0. The van der Waals surface area contributed by atoms with Crippen LogP contribution in [0.5, 0.6) is 0 Å². The van der Waals surface area contributed by atoms with E-state index in [-0.39, 0.29) is 11.5 Å². The van der Waals surface area contributed by atoms with E-state index in [1.54, 1.807) is 6.07 Å². The number of carboxylic acid groups (broad SMARTS) is 1. The second kappa shape index (κ2) is 2.84. The van der Waals surface area contributed by atoms with Gasteiger partial charge in [0.15, 0.2) is 17.2 Å². The van der Waals surface area contributed by atoms with Crippen LogP contribution in [0.2, 0.25) is 0 Å². The smallest absolute Gasteiger partial charge is 0.358 e. The first-order valence-electron chi connectivity index (χ1n) is 2.91. The topological polar surface area (TPSA) is 113 Å². The highest BCUT2D eigenvalue weighted by molar-refractivity contribution is 5.90. The Hall–Kier alpha value is -2.16. The number of nitrogens with two attached hydrogens (primary N) is 1. The first-order chi connectivity index (χ1) is 5.65. The van der Waals surface area contributed by atoms with E-state index < -0.39 is 11.7 Å². The van der Waals surface area contributed by atoms with E-state index >= 15 is 0 Å². The van der Waals surface area contributed by atoms with Gasteiger partial charge in [-0.1, -0.05) is 0 Å².